The molecule has 0 fully saturated rings. The zero-order valence-electron chi connectivity index (χ0n) is 20.0. The summed E-state index contributed by atoms with van der Waals surface area (Å²) in [4.78, 5) is 12.1. The van der Waals surface area contributed by atoms with E-state index in [1.165, 1.54) is 0 Å². The van der Waals surface area contributed by atoms with Crippen molar-refractivity contribution in [1.29, 1.82) is 0 Å². The molecule has 5 nitrogen and oxygen atoms in total. The van der Waals surface area contributed by atoms with Crippen LogP contribution >= 0.6 is 0 Å². The minimum Gasteiger partial charge on any atom is -0.488 e. The Morgan fingerprint density at radius 3 is 2.59 bits per heavy atom. The Morgan fingerprint density at radius 1 is 1.00 bits per heavy atom. The van der Waals surface area contributed by atoms with Crippen molar-refractivity contribution in [2.75, 3.05) is 6.61 Å². The van der Waals surface area contributed by atoms with Gasteiger partial charge in [-0.3, -0.25) is 4.79 Å². The first-order chi connectivity index (χ1) is 16.5. The summed E-state index contributed by atoms with van der Waals surface area (Å²) in [5.74, 6) is 0.781. The van der Waals surface area contributed by atoms with Crippen molar-refractivity contribution in [3.63, 3.8) is 0 Å². The molecule has 0 aliphatic rings. The van der Waals surface area contributed by atoms with Crippen molar-refractivity contribution < 1.29 is 18.7 Å². The quantitative estimate of drug-likeness (QED) is 0.296. The van der Waals surface area contributed by atoms with E-state index in [0.29, 0.717) is 31.4 Å². The van der Waals surface area contributed by atoms with E-state index in [1.807, 2.05) is 43.3 Å². The molecule has 176 valence electrons. The number of nitrogens with two attached hydrogens (primary N) is 1. The molecule has 5 heteroatoms. The fourth-order valence-corrected chi connectivity index (χ4v) is 3.98. The fourth-order valence-electron chi connectivity index (χ4n) is 3.98. The van der Waals surface area contributed by atoms with Crippen molar-refractivity contribution in [3.05, 3.63) is 89.2 Å². The van der Waals surface area contributed by atoms with Crippen molar-refractivity contribution in [2.24, 2.45) is 5.73 Å². The highest BCUT2D eigenvalue weighted by molar-refractivity contribution is 5.86. The Morgan fingerprint density at radius 2 is 1.82 bits per heavy atom. The molecule has 1 aromatic heterocycles. The third-order valence-electron chi connectivity index (χ3n) is 5.93. The van der Waals surface area contributed by atoms with Crippen LogP contribution in [-0.2, 0) is 29.1 Å². The summed E-state index contributed by atoms with van der Waals surface area (Å²) in [7, 11) is 0. The van der Waals surface area contributed by atoms with Crippen molar-refractivity contribution in [2.45, 2.75) is 46.3 Å². The number of esters is 1. The Balaban J connectivity index is 1.61. The summed E-state index contributed by atoms with van der Waals surface area (Å²) in [5, 5.41) is 1.00. The minimum absolute atomic E-state index is 0.176. The number of hydrogen-bond donors (Lipinski definition) is 1. The maximum Gasteiger partial charge on any atom is 0.310 e. The van der Waals surface area contributed by atoms with Crippen LogP contribution in [0, 0.1) is 0 Å². The van der Waals surface area contributed by atoms with Gasteiger partial charge in [0.15, 0.2) is 0 Å². The van der Waals surface area contributed by atoms with Gasteiger partial charge in [0, 0.05) is 23.1 Å². The zero-order chi connectivity index (χ0) is 24.1. The van der Waals surface area contributed by atoms with Gasteiger partial charge in [0.05, 0.1) is 19.3 Å². The predicted molar refractivity (Wildman–Crippen MR) is 135 cm³/mol. The van der Waals surface area contributed by atoms with E-state index in [-0.39, 0.29) is 12.4 Å². The van der Waals surface area contributed by atoms with Gasteiger partial charge in [-0.1, -0.05) is 50.2 Å². The molecule has 0 amide bonds. The standard InChI is InChI=1S/C29H31NO4/c1-4-32-29(31)15-24-9-8-21(19(2)3)14-28(24)34-18-25-17-33-27-11-10-23(13-26(25)27)22-7-5-6-20(12-22)16-30/h5-14,17,19H,4,15-16,18,30H2,1-3H3. The second-order valence-electron chi connectivity index (χ2n) is 8.67. The van der Waals surface area contributed by atoms with Gasteiger partial charge in [-0.25, -0.2) is 0 Å². The van der Waals surface area contributed by atoms with Crippen LogP contribution in [0.4, 0.5) is 0 Å². The number of furan rings is 1. The summed E-state index contributed by atoms with van der Waals surface area (Å²) < 4.78 is 17.2. The maximum atomic E-state index is 12.1. The average molecular weight is 458 g/mol. The number of rotatable bonds is 9. The third-order valence-corrected chi connectivity index (χ3v) is 5.93. The van der Waals surface area contributed by atoms with E-state index in [2.05, 4.69) is 38.1 Å². The highest BCUT2D eigenvalue weighted by Gasteiger charge is 2.14. The number of fused-ring (bicyclic) bond motifs is 1. The highest BCUT2D eigenvalue weighted by atomic mass is 16.5. The lowest BCUT2D eigenvalue weighted by molar-refractivity contribution is -0.142. The molecule has 1 heterocycles. The summed E-state index contributed by atoms with van der Waals surface area (Å²) in [6.45, 7) is 7.27. The van der Waals surface area contributed by atoms with Gasteiger partial charge in [0.1, 0.15) is 17.9 Å². The molecule has 0 saturated carbocycles. The number of ether oxygens (including phenoxy) is 2. The SMILES string of the molecule is CCOC(=O)Cc1ccc(C(C)C)cc1OCc1coc2ccc(-c3cccc(CN)c3)cc12. The van der Waals surface area contributed by atoms with E-state index >= 15 is 0 Å². The van der Waals surface area contributed by atoms with Gasteiger partial charge in [0.25, 0.3) is 0 Å². The average Bonchev–Trinajstić information content (AvgIpc) is 3.25. The van der Waals surface area contributed by atoms with Crippen LogP contribution in [0.3, 0.4) is 0 Å². The van der Waals surface area contributed by atoms with E-state index < -0.39 is 0 Å². The lowest BCUT2D eigenvalue weighted by Crippen LogP contribution is -2.09. The van der Waals surface area contributed by atoms with Crippen LogP contribution in [0.2, 0.25) is 0 Å². The zero-order valence-corrected chi connectivity index (χ0v) is 20.0. The number of benzene rings is 3. The molecule has 0 unspecified atom stereocenters. The normalized spacial score (nSPS) is 11.2. The molecule has 2 N–H and O–H groups in total. The summed E-state index contributed by atoms with van der Waals surface area (Å²) in [6.07, 6.45) is 1.91. The van der Waals surface area contributed by atoms with Crippen LogP contribution in [0.1, 0.15) is 48.9 Å². The lowest BCUT2D eigenvalue weighted by Gasteiger charge is -2.14. The molecule has 0 spiro atoms. The topological polar surface area (TPSA) is 74.7 Å². The molecule has 0 saturated heterocycles. The van der Waals surface area contributed by atoms with Crippen LogP contribution in [0.25, 0.3) is 22.1 Å². The molecule has 4 rings (SSSR count). The van der Waals surface area contributed by atoms with E-state index in [9.17, 15) is 4.79 Å². The van der Waals surface area contributed by atoms with Crippen molar-refractivity contribution in [3.8, 4) is 16.9 Å². The first-order valence-corrected chi connectivity index (χ1v) is 11.7. The molecule has 4 aromatic rings. The Bertz CT molecular complexity index is 1290. The van der Waals surface area contributed by atoms with Gasteiger partial charge >= 0.3 is 5.97 Å². The number of carbonyl (C=O) groups is 1. The molecule has 0 aliphatic heterocycles. The molecular weight excluding hydrogens is 426 g/mol. The fraction of sp³-hybridized carbons (Fsp3) is 0.276. The number of carbonyl (C=O) groups excluding carboxylic acids is 1. The van der Waals surface area contributed by atoms with E-state index in [0.717, 1.165) is 44.3 Å². The minimum atomic E-state index is -0.261. The smallest absolute Gasteiger partial charge is 0.310 e. The lowest BCUT2D eigenvalue weighted by atomic mass is 9.99. The molecule has 3 aromatic carbocycles. The van der Waals surface area contributed by atoms with Crippen LogP contribution < -0.4 is 10.5 Å². The summed E-state index contributed by atoms with van der Waals surface area (Å²) >= 11 is 0. The molecule has 0 atom stereocenters. The highest BCUT2D eigenvalue weighted by Crippen LogP contribution is 2.31. The monoisotopic (exact) mass is 457 g/mol. The van der Waals surface area contributed by atoms with Crippen molar-refractivity contribution in [1.82, 2.24) is 0 Å². The van der Waals surface area contributed by atoms with Gasteiger partial charge in [-0.15, -0.1) is 0 Å². The number of hydrogen-bond acceptors (Lipinski definition) is 5. The van der Waals surface area contributed by atoms with Crippen LogP contribution in [0.15, 0.2) is 71.3 Å². The third kappa shape index (κ3) is 5.32. The first-order valence-electron chi connectivity index (χ1n) is 11.7. The Hall–Kier alpha value is -3.57. The second kappa shape index (κ2) is 10.6. The van der Waals surface area contributed by atoms with Gasteiger partial charge in [-0.2, -0.15) is 0 Å². The Labute approximate surface area is 200 Å². The first kappa shape index (κ1) is 23.6. The molecule has 34 heavy (non-hydrogen) atoms. The maximum absolute atomic E-state index is 12.1. The van der Waals surface area contributed by atoms with Gasteiger partial charge in [0.2, 0.25) is 0 Å². The summed E-state index contributed by atoms with van der Waals surface area (Å²) in [6, 6.07) is 20.4. The van der Waals surface area contributed by atoms with E-state index in [1.54, 1.807) is 6.26 Å². The predicted octanol–water partition coefficient (Wildman–Crippen LogP) is 6.37. The van der Waals surface area contributed by atoms with Gasteiger partial charge in [-0.05, 0) is 59.4 Å². The molecule has 0 aliphatic carbocycles. The summed E-state index contributed by atoms with van der Waals surface area (Å²) in [5.41, 5.74) is 12.8. The largest absolute Gasteiger partial charge is 0.488 e. The van der Waals surface area contributed by atoms with E-state index in [4.69, 9.17) is 19.6 Å². The Kier molecular flexibility index (Phi) is 7.33. The van der Waals surface area contributed by atoms with Crippen LogP contribution in [-0.4, -0.2) is 12.6 Å². The van der Waals surface area contributed by atoms with Gasteiger partial charge < -0.3 is 19.6 Å². The van der Waals surface area contributed by atoms with Crippen LogP contribution in [0.5, 0.6) is 5.75 Å². The molecular formula is C29H31NO4. The second-order valence-corrected chi connectivity index (χ2v) is 8.67. The molecule has 0 radical (unpaired) electrons. The molecule has 0 bridgehead atoms. The van der Waals surface area contributed by atoms with Crippen molar-refractivity contribution >= 4 is 16.9 Å².